The van der Waals surface area contributed by atoms with Gasteiger partial charge in [0.25, 0.3) is 0 Å². The molecule has 0 unspecified atom stereocenters. The summed E-state index contributed by atoms with van der Waals surface area (Å²) in [5, 5.41) is 8.64. The fraction of sp³-hybridized carbons (Fsp3) is 0.889. The van der Waals surface area contributed by atoms with Gasteiger partial charge in [0, 0.05) is 20.3 Å². The first-order valence-electron chi connectivity index (χ1n) is 5.20. The van der Waals surface area contributed by atoms with Crippen molar-refractivity contribution in [3.05, 3.63) is 0 Å². The molecule has 0 aliphatic carbocycles. The standard InChI is InChI=1S/C9H19NO6S/c1-3-16-6-7-17(13,14)10(4-5-15-2)8-9(11)12/h3-8H2,1-2H3,(H,11,12). The van der Waals surface area contributed by atoms with E-state index in [1.165, 1.54) is 7.11 Å². The average Bonchev–Trinajstić information content (AvgIpc) is 2.23. The highest BCUT2D eigenvalue weighted by atomic mass is 32.2. The van der Waals surface area contributed by atoms with Gasteiger partial charge in [-0.3, -0.25) is 4.79 Å². The normalized spacial score (nSPS) is 11.9. The van der Waals surface area contributed by atoms with Crippen molar-refractivity contribution in [1.29, 1.82) is 0 Å². The number of hydrogen-bond donors (Lipinski definition) is 1. The Hall–Kier alpha value is -0.700. The van der Waals surface area contributed by atoms with E-state index in [1.807, 2.05) is 0 Å². The van der Waals surface area contributed by atoms with Crippen molar-refractivity contribution in [3.8, 4) is 0 Å². The summed E-state index contributed by atoms with van der Waals surface area (Å²) >= 11 is 0. The maximum Gasteiger partial charge on any atom is 0.318 e. The second-order valence-electron chi connectivity index (χ2n) is 3.23. The van der Waals surface area contributed by atoms with Gasteiger partial charge in [-0.15, -0.1) is 0 Å². The van der Waals surface area contributed by atoms with Crippen LogP contribution in [0.1, 0.15) is 6.92 Å². The molecule has 0 amide bonds. The Morgan fingerprint density at radius 2 is 2.00 bits per heavy atom. The lowest BCUT2D eigenvalue weighted by molar-refractivity contribution is -0.137. The summed E-state index contributed by atoms with van der Waals surface area (Å²) in [6.07, 6.45) is 0. The van der Waals surface area contributed by atoms with Gasteiger partial charge in [0.1, 0.15) is 6.54 Å². The van der Waals surface area contributed by atoms with E-state index in [-0.39, 0.29) is 25.5 Å². The van der Waals surface area contributed by atoms with Crippen LogP contribution in [0.3, 0.4) is 0 Å². The number of nitrogens with zero attached hydrogens (tertiary/aromatic N) is 1. The predicted octanol–water partition coefficient (Wildman–Crippen LogP) is -0.614. The van der Waals surface area contributed by atoms with Crippen molar-refractivity contribution in [2.24, 2.45) is 0 Å². The van der Waals surface area contributed by atoms with Crippen LogP contribution >= 0.6 is 0 Å². The third-order valence-electron chi connectivity index (χ3n) is 1.94. The summed E-state index contributed by atoms with van der Waals surface area (Å²) in [6.45, 7) is 1.86. The summed E-state index contributed by atoms with van der Waals surface area (Å²) in [7, 11) is -2.19. The highest BCUT2D eigenvalue weighted by Gasteiger charge is 2.23. The molecule has 0 spiro atoms. The Balaban J connectivity index is 4.46. The lowest BCUT2D eigenvalue weighted by Crippen LogP contribution is -2.40. The lowest BCUT2D eigenvalue weighted by atomic mass is 10.6. The molecule has 0 fully saturated rings. The van der Waals surface area contributed by atoms with Gasteiger partial charge in [-0.25, -0.2) is 8.42 Å². The monoisotopic (exact) mass is 269 g/mol. The highest BCUT2D eigenvalue weighted by Crippen LogP contribution is 2.01. The van der Waals surface area contributed by atoms with Crippen LogP contribution in [-0.4, -0.2) is 69.6 Å². The fourth-order valence-corrected chi connectivity index (χ4v) is 2.34. The molecule has 0 heterocycles. The molecule has 0 saturated carbocycles. The molecule has 0 aromatic heterocycles. The van der Waals surface area contributed by atoms with E-state index >= 15 is 0 Å². The highest BCUT2D eigenvalue weighted by molar-refractivity contribution is 7.89. The summed E-state index contributed by atoms with van der Waals surface area (Å²) in [4.78, 5) is 10.6. The Labute approximate surface area is 101 Å². The van der Waals surface area contributed by atoms with Gasteiger partial charge < -0.3 is 14.6 Å². The SMILES string of the molecule is CCOCCS(=O)(=O)N(CCOC)CC(=O)O. The van der Waals surface area contributed by atoms with E-state index in [1.54, 1.807) is 6.92 Å². The molecule has 0 aliphatic rings. The number of carbonyl (C=O) groups is 1. The average molecular weight is 269 g/mol. The van der Waals surface area contributed by atoms with Crippen molar-refractivity contribution in [2.75, 3.05) is 45.8 Å². The van der Waals surface area contributed by atoms with E-state index < -0.39 is 22.5 Å². The maximum atomic E-state index is 11.8. The van der Waals surface area contributed by atoms with Crippen molar-refractivity contribution < 1.29 is 27.8 Å². The third-order valence-corrected chi connectivity index (χ3v) is 3.72. The molecule has 0 saturated heterocycles. The minimum atomic E-state index is -3.61. The maximum absolute atomic E-state index is 11.8. The summed E-state index contributed by atoms with van der Waals surface area (Å²) in [6, 6.07) is 0. The number of methoxy groups -OCH3 is 1. The van der Waals surface area contributed by atoms with E-state index in [2.05, 4.69) is 0 Å². The zero-order chi connectivity index (χ0) is 13.3. The molecule has 0 aliphatic heterocycles. The van der Waals surface area contributed by atoms with E-state index in [4.69, 9.17) is 14.6 Å². The fourth-order valence-electron chi connectivity index (χ4n) is 1.10. The topological polar surface area (TPSA) is 93.1 Å². The van der Waals surface area contributed by atoms with E-state index in [0.717, 1.165) is 4.31 Å². The number of sulfonamides is 1. The van der Waals surface area contributed by atoms with Crippen LogP contribution < -0.4 is 0 Å². The Morgan fingerprint density at radius 1 is 1.35 bits per heavy atom. The van der Waals surface area contributed by atoms with Gasteiger partial charge in [0.2, 0.25) is 10.0 Å². The molecule has 0 aromatic rings. The molecule has 0 atom stereocenters. The van der Waals surface area contributed by atoms with Crippen LogP contribution in [0.4, 0.5) is 0 Å². The van der Waals surface area contributed by atoms with Gasteiger partial charge in [-0.2, -0.15) is 4.31 Å². The Bertz CT molecular complexity index is 315. The van der Waals surface area contributed by atoms with E-state index in [0.29, 0.717) is 6.61 Å². The largest absolute Gasteiger partial charge is 0.480 e. The molecular formula is C9H19NO6S. The van der Waals surface area contributed by atoms with Gasteiger partial charge in [0.05, 0.1) is 19.0 Å². The van der Waals surface area contributed by atoms with Crippen LogP contribution in [0.25, 0.3) is 0 Å². The predicted molar refractivity (Wildman–Crippen MR) is 61.4 cm³/mol. The first-order chi connectivity index (χ1) is 7.94. The quantitative estimate of drug-likeness (QED) is 0.532. The summed E-state index contributed by atoms with van der Waals surface area (Å²) in [5.74, 6) is -1.42. The molecule has 1 N–H and O–H groups in total. The summed E-state index contributed by atoms with van der Waals surface area (Å²) < 4.78 is 34.1. The number of carboxylic acid groups (broad SMARTS) is 1. The van der Waals surface area contributed by atoms with Gasteiger partial charge in [-0.05, 0) is 6.92 Å². The van der Waals surface area contributed by atoms with Gasteiger partial charge >= 0.3 is 5.97 Å². The van der Waals surface area contributed by atoms with Gasteiger partial charge in [0.15, 0.2) is 0 Å². The van der Waals surface area contributed by atoms with Crippen LogP contribution in [-0.2, 0) is 24.3 Å². The molecule has 0 bridgehead atoms. The number of rotatable bonds is 10. The zero-order valence-electron chi connectivity index (χ0n) is 10.1. The minimum Gasteiger partial charge on any atom is -0.480 e. The van der Waals surface area contributed by atoms with Crippen molar-refractivity contribution in [3.63, 3.8) is 0 Å². The van der Waals surface area contributed by atoms with E-state index in [9.17, 15) is 13.2 Å². The van der Waals surface area contributed by atoms with Crippen molar-refractivity contribution in [1.82, 2.24) is 4.31 Å². The second-order valence-corrected chi connectivity index (χ2v) is 5.32. The lowest BCUT2D eigenvalue weighted by Gasteiger charge is -2.19. The first-order valence-corrected chi connectivity index (χ1v) is 6.81. The number of carboxylic acids is 1. The van der Waals surface area contributed by atoms with Crippen LogP contribution in [0.5, 0.6) is 0 Å². The molecule has 0 rings (SSSR count). The molecular weight excluding hydrogens is 250 g/mol. The number of aliphatic carboxylic acids is 1. The second kappa shape index (κ2) is 8.40. The molecule has 0 radical (unpaired) electrons. The molecule has 7 nitrogen and oxygen atoms in total. The van der Waals surface area contributed by atoms with Crippen LogP contribution in [0.2, 0.25) is 0 Å². The van der Waals surface area contributed by atoms with Crippen molar-refractivity contribution >= 4 is 16.0 Å². The number of hydrogen-bond acceptors (Lipinski definition) is 5. The molecule has 102 valence electrons. The smallest absolute Gasteiger partial charge is 0.318 e. The summed E-state index contributed by atoms with van der Waals surface area (Å²) in [5.41, 5.74) is 0. The van der Waals surface area contributed by atoms with Crippen LogP contribution in [0, 0.1) is 0 Å². The molecule has 0 aromatic carbocycles. The Morgan fingerprint density at radius 3 is 2.47 bits per heavy atom. The minimum absolute atomic E-state index is 0.0251. The van der Waals surface area contributed by atoms with Crippen LogP contribution in [0.15, 0.2) is 0 Å². The van der Waals surface area contributed by atoms with Crippen molar-refractivity contribution in [2.45, 2.75) is 6.92 Å². The first kappa shape index (κ1) is 16.3. The number of ether oxygens (including phenoxy) is 2. The Kier molecular flexibility index (Phi) is 8.05. The molecule has 17 heavy (non-hydrogen) atoms. The molecule has 8 heteroatoms. The zero-order valence-corrected chi connectivity index (χ0v) is 10.9. The van der Waals surface area contributed by atoms with Gasteiger partial charge in [-0.1, -0.05) is 0 Å². The third kappa shape index (κ3) is 7.27.